The predicted molar refractivity (Wildman–Crippen MR) is 128 cm³/mol. The van der Waals surface area contributed by atoms with Crippen molar-refractivity contribution in [3.8, 4) is 5.75 Å². The maximum absolute atomic E-state index is 13.5. The summed E-state index contributed by atoms with van der Waals surface area (Å²) >= 11 is 0. The summed E-state index contributed by atoms with van der Waals surface area (Å²) in [6, 6.07) is 12.0. The fourth-order valence-electron chi connectivity index (χ4n) is 4.97. The zero-order chi connectivity index (χ0) is 23.5. The van der Waals surface area contributed by atoms with E-state index in [0.29, 0.717) is 31.9 Å². The molecule has 8 heteroatoms. The molecule has 1 unspecified atom stereocenters. The van der Waals surface area contributed by atoms with Gasteiger partial charge < -0.3 is 14.7 Å². The molecule has 1 atom stereocenters. The first-order chi connectivity index (χ1) is 16.6. The molecule has 0 radical (unpaired) electrons. The van der Waals surface area contributed by atoms with Crippen molar-refractivity contribution in [3.63, 3.8) is 0 Å². The second kappa shape index (κ2) is 9.95. The summed E-state index contributed by atoms with van der Waals surface area (Å²) < 4.78 is 7.37. The van der Waals surface area contributed by atoms with Crippen LogP contribution in [0, 0.1) is 0 Å². The Morgan fingerprint density at radius 3 is 2.85 bits per heavy atom. The maximum Gasteiger partial charge on any atom is 0.274 e. The number of aromatic nitrogens is 3. The van der Waals surface area contributed by atoms with Crippen molar-refractivity contribution in [2.24, 2.45) is 0 Å². The number of ether oxygens (including phenoxy) is 1. The molecule has 1 saturated heterocycles. The molecule has 2 aromatic heterocycles. The number of hydrogen-bond donors (Lipinski definition) is 1. The Kier molecular flexibility index (Phi) is 6.60. The lowest BCUT2D eigenvalue weighted by Gasteiger charge is -2.31. The Morgan fingerprint density at radius 2 is 2.06 bits per heavy atom. The summed E-state index contributed by atoms with van der Waals surface area (Å²) in [6.07, 6.45) is 5.59. The summed E-state index contributed by atoms with van der Waals surface area (Å²) in [7, 11) is 1.66. The number of methoxy groups -OCH3 is 1. The number of amides is 1. The predicted octanol–water partition coefficient (Wildman–Crippen LogP) is 2.49. The van der Waals surface area contributed by atoms with E-state index in [4.69, 9.17) is 9.84 Å². The van der Waals surface area contributed by atoms with Gasteiger partial charge in [-0.3, -0.25) is 19.4 Å². The molecule has 0 aliphatic carbocycles. The maximum atomic E-state index is 13.5. The first-order valence-corrected chi connectivity index (χ1v) is 11.9. The molecule has 1 N–H and O–H groups in total. The van der Waals surface area contributed by atoms with E-state index in [2.05, 4.69) is 22.0 Å². The summed E-state index contributed by atoms with van der Waals surface area (Å²) in [5.41, 5.74) is 4.87. The van der Waals surface area contributed by atoms with Gasteiger partial charge in [0.1, 0.15) is 5.75 Å². The number of hydrogen-bond acceptors (Lipinski definition) is 6. The Bertz CT molecular complexity index is 1150. The van der Waals surface area contributed by atoms with Crippen LogP contribution in [-0.4, -0.2) is 68.4 Å². The van der Waals surface area contributed by atoms with Crippen LogP contribution in [0.4, 0.5) is 0 Å². The van der Waals surface area contributed by atoms with Crippen molar-refractivity contribution in [1.82, 2.24) is 24.6 Å². The third-order valence-electron chi connectivity index (χ3n) is 6.69. The molecule has 0 bridgehead atoms. The van der Waals surface area contributed by atoms with Gasteiger partial charge in [-0.2, -0.15) is 5.10 Å². The minimum atomic E-state index is -0.463. The Hall–Kier alpha value is -3.23. The standard InChI is InChI=1S/C26H31N5O3/c1-34-22-8-2-5-19(13-22)16-31-24-9-12-29(15-20-6-3-10-27-14-20)18-23(24)25(28-31)26(33)30-11-4-7-21(32)17-30/h2-3,5-6,8,10,13-14,21,32H,4,7,9,11-12,15-18H2,1H3. The van der Waals surface area contributed by atoms with E-state index in [9.17, 15) is 9.90 Å². The van der Waals surface area contributed by atoms with Crippen molar-refractivity contribution in [1.29, 1.82) is 0 Å². The molecule has 0 spiro atoms. The van der Waals surface area contributed by atoms with E-state index in [-0.39, 0.29) is 5.91 Å². The first-order valence-electron chi connectivity index (χ1n) is 11.9. The van der Waals surface area contributed by atoms with E-state index in [1.54, 1.807) is 18.2 Å². The lowest BCUT2D eigenvalue weighted by molar-refractivity contribution is 0.0466. The lowest BCUT2D eigenvalue weighted by atomic mass is 10.0. The number of aliphatic hydroxyl groups excluding tert-OH is 1. The van der Waals surface area contributed by atoms with E-state index in [1.165, 1.54) is 0 Å². The van der Waals surface area contributed by atoms with Gasteiger partial charge in [0.05, 0.1) is 19.8 Å². The Balaban J connectivity index is 1.45. The van der Waals surface area contributed by atoms with Gasteiger partial charge >= 0.3 is 0 Å². The normalized spacial score (nSPS) is 18.5. The summed E-state index contributed by atoms with van der Waals surface area (Å²) in [4.78, 5) is 21.9. The number of β-amino-alcohol motifs (C(OH)–C–C–N with tert-alkyl or cyclic N) is 1. The number of carbonyl (C=O) groups excluding carboxylic acids is 1. The van der Waals surface area contributed by atoms with E-state index in [1.807, 2.05) is 35.1 Å². The highest BCUT2D eigenvalue weighted by molar-refractivity contribution is 5.94. The molecule has 8 nitrogen and oxygen atoms in total. The number of aliphatic hydroxyl groups is 1. The van der Waals surface area contributed by atoms with E-state index >= 15 is 0 Å². The molecule has 2 aliphatic rings. The van der Waals surface area contributed by atoms with E-state index < -0.39 is 6.10 Å². The van der Waals surface area contributed by atoms with Gasteiger partial charge in [-0.1, -0.05) is 18.2 Å². The smallest absolute Gasteiger partial charge is 0.274 e. The van der Waals surface area contributed by atoms with Gasteiger partial charge in [0, 0.05) is 62.8 Å². The zero-order valence-electron chi connectivity index (χ0n) is 19.6. The van der Waals surface area contributed by atoms with Gasteiger partial charge in [-0.25, -0.2) is 0 Å². The number of fused-ring (bicyclic) bond motifs is 1. The van der Waals surface area contributed by atoms with E-state index in [0.717, 1.165) is 60.5 Å². The number of piperidine rings is 1. The Morgan fingerprint density at radius 1 is 1.18 bits per heavy atom. The molecule has 4 heterocycles. The topological polar surface area (TPSA) is 83.7 Å². The van der Waals surface area contributed by atoms with Crippen LogP contribution in [0.2, 0.25) is 0 Å². The number of carbonyl (C=O) groups is 1. The molecular formula is C26H31N5O3. The van der Waals surface area contributed by atoms with Gasteiger partial charge in [-0.15, -0.1) is 0 Å². The second-order valence-corrected chi connectivity index (χ2v) is 9.15. The molecule has 3 aromatic rings. The van der Waals surface area contributed by atoms with Crippen LogP contribution in [0.15, 0.2) is 48.8 Å². The van der Waals surface area contributed by atoms with Gasteiger partial charge in [0.2, 0.25) is 0 Å². The lowest BCUT2D eigenvalue weighted by Crippen LogP contribution is -2.43. The largest absolute Gasteiger partial charge is 0.497 e. The van der Waals surface area contributed by atoms with Crippen LogP contribution < -0.4 is 4.74 Å². The average molecular weight is 462 g/mol. The monoisotopic (exact) mass is 461 g/mol. The minimum Gasteiger partial charge on any atom is -0.497 e. The molecule has 1 aromatic carbocycles. The summed E-state index contributed by atoms with van der Waals surface area (Å²) in [6.45, 7) is 3.95. The highest BCUT2D eigenvalue weighted by Crippen LogP contribution is 2.27. The first kappa shape index (κ1) is 22.6. The summed E-state index contributed by atoms with van der Waals surface area (Å²) in [5.74, 6) is 0.724. The van der Waals surface area contributed by atoms with Crippen LogP contribution >= 0.6 is 0 Å². The molecule has 34 heavy (non-hydrogen) atoms. The third-order valence-corrected chi connectivity index (χ3v) is 6.69. The minimum absolute atomic E-state index is 0.0809. The molecule has 2 aliphatic heterocycles. The molecule has 0 saturated carbocycles. The fourth-order valence-corrected chi connectivity index (χ4v) is 4.97. The van der Waals surface area contributed by atoms with Crippen molar-refractivity contribution >= 4 is 5.91 Å². The van der Waals surface area contributed by atoms with Crippen LogP contribution in [0.1, 0.15) is 45.7 Å². The second-order valence-electron chi connectivity index (χ2n) is 9.15. The third kappa shape index (κ3) is 4.83. The number of rotatable bonds is 6. The number of likely N-dealkylation sites (tertiary alicyclic amines) is 1. The van der Waals surface area contributed by atoms with Crippen molar-refractivity contribution < 1.29 is 14.6 Å². The Labute approximate surface area is 199 Å². The molecule has 5 rings (SSSR count). The van der Waals surface area contributed by atoms with Gasteiger partial charge in [-0.05, 0) is 42.2 Å². The van der Waals surface area contributed by atoms with Gasteiger partial charge in [0.25, 0.3) is 5.91 Å². The number of nitrogens with zero attached hydrogens (tertiary/aromatic N) is 5. The van der Waals surface area contributed by atoms with Crippen LogP contribution in [0.25, 0.3) is 0 Å². The van der Waals surface area contributed by atoms with Crippen LogP contribution in [0.3, 0.4) is 0 Å². The van der Waals surface area contributed by atoms with Crippen molar-refractivity contribution in [3.05, 3.63) is 76.9 Å². The van der Waals surface area contributed by atoms with Crippen molar-refractivity contribution in [2.45, 2.75) is 45.0 Å². The SMILES string of the molecule is COc1cccc(Cn2nc(C(=O)N3CCCC(O)C3)c3c2CCN(Cc2cccnc2)C3)c1. The highest BCUT2D eigenvalue weighted by Gasteiger charge is 2.32. The number of benzene rings is 1. The highest BCUT2D eigenvalue weighted by atomic mass is 16.5. The molecule has 178 valence electrons. The van der Waals surface area contributed by atoms with Gasteiger partial charge in [0.15, 0.2) is 5.69 Å². The quantitative estimate of drug-likeness (QED) is 0.607. The number of pyridine rings is 1. The average Bonchev–Trinajstić information content (AvgIpc) is 3.21. The molecular weight excluding hydrogens is 430 g/mol. The molecule has 1 amide bonds. The molecule has 1 fully saturated rings. The van der Waals surface area contributed by atoms with Crippen LogP contribution in [0.5, 0.6) is 5.75 Å². The summed E-state index contributed by atoms with van der Waals surface area (Å²) in [5, 5.41) is 15.0. The zero-order valence-corrected chi connectivity index (χ0v) is 19.6. The van der Waals surface area contributed by atoms with Crippen LogP contribution in [-0.2, 0) is 26.1 Å². The fraction of sp³-hybridized carbons (Fsp3) is 0.423. The van der Waals surface area contributed by atoms with Crippen molar-refractivity contribution in [2.75, 3.05) is 26.7 Å².